The van der Waals surface area contributed by atoms with Crippen molar-refractivity contribution in [1.82, 2.24) is 0 Å². The highest BCUT2D eigenvalue weighted by Gasteiger charge is 2.35. The molecule has 4 nitrogen and oxygen atoms in total. The normalized spacial score (nSPS) is 35.4. The molecule has 6 atom stereocenters. The first-order chi connectivity index (χ1) is 10.1. The van der Waals surface area contributed by atoms with Crippen LogP contribution in [-0.2, 0) is 14.2 Å². The Kier molecular flexibility index (Phi) is 6.93. The van der Waals surface area contributed by atoms with Gasteiger partial charge in [-0.1, -0.05) is 19.8 Å². The van der Waals surface area contributed by atoms with E-state index < -0.39 is 0 Å². The molecule has 4 heteroatoms. The molecule has 2 fully saturated rings. The highest BCUT2D eigenvalue weighted by atomic mass is 16.7. The van der Waals surface area contributed by atoms with Crippen molar-refractivity contribution in [3.8, 4) is 0 Å². The smallest absolute Gasteiger partial charge is 0.154 e. The van der Waals surface area contributed by atoms with Gasteiger partial charge >= 0.3 is 0 Å². The largest absolute Gasteiger partial charge is 0.393 e. The first-order valence-corrected chi connectivity index (χ1v) is 8.65. The molecular weight excluding hydrogens is 268 g/mol. The molecule has 1 aliphatic heterocycles. The van der Waals surface area contributed by atoms with Gasteiger partial charge in [0.1, 0.15) is 0 Å². The Hall–Kier alpha value is -0.160. The van der Waals surface area contributed by atoms with Gasteiger partial charge in [-0.15, -0.1) is 0 Å². The van der Waals surface area contributed by atoms with Crippen LogP contribution in [0.5, 0.6) is 0 Å². The van der Waals surface area contributed by atoms with Crippen LogP contribution in [0.2, 0.25) is 0 Å². The molecule has 0 radical (unpaired) electrons. The molecule has 1 saturated heterocycles. The quantitative estimate of drug-likeness (QED) is 0.525. The fraction of sp³-hybridized carbons (Fsp3) is 1.00. The lowest BCUT2D eigenvalue weighted by atomic mass is 9.88. The molecule has 0 aromatic carbocycles. The number of hydrogen-bond acceptors (Lipinski definition) is 4. The van der Waals surface area contributed by atoms with E-state index in [1.807, 2.05) is 6.92 Å². The van der Waals surface area contributed by atoms with Crippen molar-refractivity contribution in [2.24, 2.45) is 11.8 Å². The number of hydrogen-bond donors (Lipinski definition) is 1. The van der Waals surface area contributed by atoms with E-state index in [1.54, 1.807) is 0 Å². The monoisotopic (exact) mass is 300 g/mol. The maximum atomic E-state index is 9.67. The Labute approximate surface area is 129 Å². The van der Waals surface area contributed by atoms with Crippen molar-refractivity contribution in [2.45, 2.75) is 83.9 Å². The van der Waals surface area contributed by atoms with Crippen LogP contribution < -0.4 is 0 Å². The summed E-state index contributed by atoms with van der Waals surface area (Å²) >= 11 is 0. The summed E-state index contributed by atoms with van der Waals surface area (Å²) in [4.78, 5) is 0. The van der Waals surface area contributed by atoms with Gasteiger partial charge in [0.05, 0.1) is 31.5 Å². The van der Waals surface area contributed by atoms with Crippen molar-refractivity contribution in [1.29, 1.82) is 0 Å². The summed E-state index contributed by atoms with van der Waals surface area (Å²) in [7, 11) is 0. The first-order valence-electron chi connectivity index (χ1n) is 8.65. The summed E-state index contributed by atoms with van der Waals surface area (Å²) in [6, 6.07) is 0. The highest BCUT2D eigenvalue weighted by molar-refractivity contribution is 4.82. The molecule has 1 N–H and O–H groups in total. The Morgan fingerprint density at radius 1 is 1.29 bits per heavy atom. The summed E-state index contributed by atoms with van der Waals surface area (Å²) in [5, 5.41) is 9.67. The Bertz CT molecular complexity index is 297. The summed E-state index contributed by atoms with van der Waals surface area (Å²) in [5.41, 5.74) is 0. The minimum Gasteiger partial charge on any atom is -0.393 e. The molecule has 2 rings (SSSR count). The second kappa shape index (κ2) is 8.47. The molecule has 0 bridgehead atoms. The zero-order chi connectivity index (χ0) is 15.2. The van der Waals surface area contributed by atoms with Gasteiger partial charge in [0, 0.05) is 0 Å². The van der Waals surface area contributed by atoms with E-state index in [4.69, 9.17) is 14.2 Å². The lowest BCUT2D eigenvalue weighted by molar-refractivity contribution is -0.150. The van der Waals surface area contributed by atoms with Crippen LogP contribution in [0.1, 0.15) is 59.3 Å². The minimum atomic E-state index is -0.157. The molecule has 21 heavy (non-hydrogen) atoms. The fourth-order valence-corrected chi connectivity index (χ4v) is 3.16. The van der Waals surface area contributed by atoms with Crippen LogP contribution in [0.4, 0.5) is 0 Å². The summed E-state index contributed by atoms with van der Waals surface area (Å²) in [5.74, 6) is 1.05. The summed E-state index contributed by atoms with van der Waals surface area (Å²) in [6.45, 7) is 7.76. The van der Waals surface area contributed by atoms with E-state index in [9.17, 15) is 5.11 Å². The predicted octanol–water partition coefficient (Wildman–Crippen LogP) is 3.12. The van der Waals surface area contributed by atoms with Crippen molar-refractivity contribution in [3.05, 3.63) is 0 Å². The number of aliphatic hydroxyl groups excluding tert-OH is 1. The van der Waals surface area contributed by atoms with Crippen LogP contribution in [0.25, 0.3) is 0 Å². The number of ether oxygens (including phenoxy) is 3. The van der Waals surface area contributed by atoms with Gasteiger partial charge in [-0.2, -0.15) is 0 Å². The zero-order valence-electron chi connectivity index (χ0n) is 13.8. The average molecular weight is 300 g/mol. The van der Waals surface area contributed by atoms with E-state index in [2.05, 4.69) is 13.8 Å². The predicted molar refractivity (Wildman–Crippen MR) is 82.1 cm³/mol. The van der Waals surface area contributed by atoms with Gasteiger partial charge < -0.3 is 19.3 Å². The third kappa shape index (κ3) is 6.23. The fourth-order valence-electron chi connectivity index (χ4n) is 3.16. The number of aliphatic hydroxyl groups is 1. The molecule has 2 aliphatic rings. The SMILES string of the molecule is CCC(COC(C)OCC1CCCC(O)C1)CC1OC1C. The second-order valence-electron chi connectivity index (χ2n) is 6.81. The Morgan fingerprint density at radius 3 is 2.67 bits per heavy atom. The van der Waals surface area contributed by atoms with Crippen molar-refractivity contribution >= 4 is 0 Å². The molecule has 6 unspecified atom stereocenters. The van der Waals surface area contributed by atoms with Crippen LogP contribution in [0.15, 0.2) is 0 Å². The summed E-state index contributed by atoms with van der Waals surface area (Å²) in [6.07, 6.45) is 6.91. The van der Waals surface area contributed by atoms with E-state index in [-0.39, 0.29) is 12.4 Å². The average Bonchev–Trinajstić information content (AvgIpc) is 3.16. The standard InChI is InChI=1S/C17H32O4/c1-4-14(9-17-12(2)21-17)10-19-13(3)20-11-15-6-5-7-16(18)8-15/h12-18H,4-11H2,1-3H3. The van der Waals surface area contributed by atoms with Gasteiger partial charge in [-0.05, 0) is 51.4 Å². The van der Waals surface area contributed by atoms with Crippen molar-refractivity contribution in [2.75, 3.05) is 13.2 Å². The van der Waals surface area contributed by atoms with Crippen molar-refractivity contribution in [3.63, 3.8) is 0 Å². The minimum absolute atomic E-state index is 0.131. The van der Waals surface area contributed by atoms with Gasteiger partial charge in [0.2, 0.25) is 0 Å². The molecule has 0 spiro atoms. The third-order valence-corrected chi connectivity index (χ3v) is 4.87. The van der Waals surface area contributed by atoms with Crippen LogP contribution >= 0.6 is 0 Å². The Morgan fingerprint density at radius 2 is 2.05 bits per heavy atom. The zero-order valence-corrected chi connectivity index (χ0v) is 13.8. The topological polar surface area (TPSA) is 51.2 Å². The van der Waals surface area contributed by atoms with Gasteiger partial charge in [-0.3, -0.25) is 0 Å². The van der Waals surface area contributed by atoms with E-state index in [0.717, 1.165) is 45.1 Å². The number of epoxide rings is 1. The van der Waals surface area contributed by atoms with Crippen molar-refractivity contribution < 1.29 is 19.3 Å². The number of rotatable bonds is 9. The lowest BCUT2D eigenvalue weighted by Gasteiger charge is -2.27. The molecule has 0 aromatic rings. The molecule has 0 aromatic heterocycles. The maximum absolute atomic E-state index is 9.67. The lowest BCUT2D eigenvalue weighted by Crippen LogP contribution is -2.26. The van der Waals surface area contributed by atoms with Gasteiger partial charge in [0.25, 0.3) is 0 Å². The molecule has 1 saturated carbocycles. The van der Waals surface area contributed by atoms with E-state index in [1.165, 1.54) is 0 Å². The van der Waals surface area contributed by atoms with Crippen LogP contribution in [0.3, 0.4) is 0 Å². The van der Waals surface area contributed by atoms with Gasteiger partial charge in [0.15, 0.2) is 6.29 Å². The third-order valence-electron chi connectivity index (χ3n) is 4.87. The molecule has 1 aliphatic carbocycles. The molecule has 124 valence electrons. The summed E-state index contributed by atoms with van der Waals surface area (Å²) < 4.78 is 17.1. The molecule has 1 heterocycles. The Balaban J connectivity index is 1.56. The second-order valence-corrected chi connectivity index (χ2v) is 6.81. The van der Waals surface area contributed by atoms with E-state index in [0.29, 0.717) is 30.7 Å². The van der Waals surface area contributed by atoms with Gasteiger partial charge in [-0.25, -0.2) is 0 Å². The van der Waals surface area contributed by atoms with E-state index >= 15 is 0 Å². The maximum Gasteiger partial charge on any atom is 0.154 e. The van der Waals surface area contributed by atoms with Crippen LogP contribution in [0, 0.1) is 11.8 Å². The molecule has 0 amide bonds. The first kappa shape index (κ1) is 17.2. The molecular formula is C17H32O4. The highest BCUT2D eigenvalue weighted by Crippen LogP contribution is 2.29. The van der Waals surface area contributed by atoms with Crippen LogP contribution in [-0.4, -0.2) is 42.9 Å².